The molecule has 1 N–H and O–H groups in total. The highest BCUT2D eigenvalue weighted by atomic mass is 16.5. The number of hydrogen-bond acceptors (Lipinski definition) is 3. The molecule has 1 heterocycles. The van der Waals surface area contributed by atoms with Crippen LogP contribution >= 0.6 is 0 Å². The number of para-hydroxylation sites is 1. The summed E-state index contributed by atoms with van der Waals surface area (Å²) in [6.07, 6.45) is 0.757. The number of carbonyl (C=O) groups is 1. The number of nitrogens with one attached hydrogen (secondary N) is 1. The Kier molecular flexibility index (Phi) is 5.06. The highest BCUT2D eigenvalue weighted by Gasteiger charge is 2.23. The van der Waals surface area contributed by atoms with Crippen LogP contribution < -0.4 is 14.8 Å². The fourth-order valence-electron chi connectivity index (χ4n) is 3.20. The van der Waals surface area contributed by atoms with Gasteiger partial charge in [-0.1, -0.05) is 54.6 Å². The lowest BCUT2D eigenvalue weighted by molar-refractivity contribution is 0.0924. The molecule has 4 nitrogen and oxygen atoms in total. The van der Waals surface area contributed by atoms with Crippen molar-refractivity contribution in [3.63, 3.8) is 0 Å². The standard InChI is InChI=1S/C23H21NO3/c25-23(24-21-13-14-26-22-12-5-4-11-20(21)22)18-9-6-10-19(15-18)27-16-17-7-2-1-3-8-17/h1-12,15,21H,13-14,16H2,(H,24,25). The predicted octanol–water partition coefficient (Wildman–Crippen LogP) is 4.52. The SMILES string of the molecule is O=C(NC1CCOc2ccccc21)c1cccc(OCc2ccccc2)c1. The lowest BCUT2D eigenvalue weighted by Crippen LogP contribution is -2.32. The molecule has 1 atom stereocenters. The molecule has 1 aliphatic heterocycles. The molecular weight excluding hydrogens is 338 g/mol. The van der Waals surface area contributed by atoms with E-state index in [2.05, 4.69) is 5.32 Å². The van der Waals surface area contributed by atoms with Crippen molar-refractivity contribution in [1.29, 1.82) is 0 Å². The first-order chi connectivity index (χ1) is 13.3. The second kappa shape index (κ2) is 7.96. The van der Waals surface area contributed by atoms with Gasteiger partial charge in [0.15, 0.2) is 0 Å². The van der Waals surface area contributed by atoms with E-state index in [4.69, 9.17) is 9.47 Å². The molecule has 0 fully saturated rings. The first-order valence-electron chi connectivity index (χ1n) is 9.09. The van der Waals surface area contributed by atoms with Crippen LogP contribution in [0.2, 0.25) is 0 Å². The Hall–Kier alpha value is -3.27. The molecule has 0 saturated carbocycles. The van der Waals surface area contributed by atoms with Crippen molar-refractivity contribution in [2.45, 2.75) is 19.1 Å². The van der Waals surface area contributed by atoms with Crippen LogP contribution in [-0.2, 0) is 6.61 Å². The Morgan fingerprint density at radius 2 is 1.81 bits per heavy atom. The molecule has 0 saturated heterocycles. The summed E-state index contributed by atoms with van der Waals surface area (Å²) >= 11 is 0. The van der Waals surface area contributed by atoms with E-state index in [1.54, 1.807) is 12.1 Å². The van der Waals surface area contributed by atoms with E-state index < -0.39 is 0 Å². The molecule has 0 aromatic heterocycles. The van der Waals surface area contributed by atoms with E-state index in [-0.39, 0.29) is 11.9 Å². The van der Waals surface area contributed by atoms with Gasteiger partial charge in [-0.25, -0.2) is 0 Å². The molecule has 0 aliphatic carbocycles. The Labute approximate surface area is 158 Å². The van der Waals surface area contributed by atoms with Crippen LogP contribution in [0.15, 0.2) is 78.9 Å². The highest BCUT2D eigenvalue weighted by Crippen LogP contribution is 2.31. The summed E-state index contributed by atoms with van der Waals surface area (Å²) in [6.45, 7) is 1.07. The van der Waals surface area contributed by atoms with E-state index in [0.29, 0.717) is 24.5 Å². The third-order valence-electron chi connectivity index (χ3n) is 4.61. The zero-order valence-electron chi connectivity index (χ0n) is 14.9. The minimum Gasteiger partial charge on any atom is -0.493 e. The maximum atomic E-state index is 12.7. The van der Waals surface area contributed by atoms with Crippen molar-refractivity contribution in [3.05, 3.63) is 95.6 Å². The average molecular weight is 359 g/mol. The molecule has 4 rings (SSSR count). The summed E-state index contributed by atoms with van der Waals surface area (Å²) in [4.78, 5) is 12.7. The van der Waals surface area contributed by atoms with Crippen LogP contribution in [0.3, 0.4) is 0 Å². The zero-order chi connectivity index (χ0) is 18.5. The molecule has 136 valence electrons. The monoisotopic (exact) mass is 359 g/mol. The summed E-state index contributed by atoms with van der Waals surface area (Å²) in [5.41, 5.74) is 2.70. The average Bonchev–Trinajstić information content (AvgIpc) is 2.73. The van der Waals surface area contributed by atoms with Gasteiger partial charge in [-0.05, 0) is 29.8 Å². The predicted molar refractivity (Wildman–Crippen MR) is 104 cm³/mol. The summed E-state index contributed by atoms with van der Waals surface area (Å²) in [5, 5.41) is 3.12. The minimum atomic E-state index is -0.109. The Morgan fingerprint density at radius 1 is 1.00 bits per heavy atom. The second-order valence-electron chi connectivity index (χ2n) is 6.50. The van der Waals surface area contributed by atoms with Crippen molar-refractivity contribution in [2.75, 3.05) is 6.61 Å². The third-order valence-corrected chi connectivity index (χ3v) is 4.61. The van der Waals surface area contributed by atoms with E-state index >= 15 is 0 Å². The maximum absolute atomic E-state index is 12.7. The molecule has 4 heteroatoms. The van der Waals surface area contributed by atoms with Gasteiger partial charge in [0, 0.05) is 17.5 Å². The molecule has 1 amide bonds. The van der Waals surface area contributed by atoms with Crippen molar-refractivity contribution >= 4 is 5.91 Å². The number of amides is 1. The van der Waals surface area contributed by atoms with E-state index in [9.17, 15) is 4.79 Å². The molecule has 0 radical (unpaired) electrons. The van der Waals surface area contributed by atoms with E-state index in [1.165, 1.54) is 0 Å². The molecule has 1 unspecified atom stereocenters. The number of benzene rings is 3. The zero-order valence-corrected chi connectivity index (χ0v) is 14.9. The summed E-state index contributed by atoms with van der Waals surface area (Å²) in [5.74, 6) is 1.41. The first kappa shape index (κ1) is 17.2. The molecule has 3 aromatic rings. The van der Waals surface area contributed by atoms with Gasteiger partial charge < -0.3 is 14.8 Å². The summed E-state index contributed by atoms with van der Waals surface area (Å²) < 4.78 is 11.5. The van der Waals surface area contributed by atoms with Gasteiger partial charge >= 0.3 is 0 Å². The molecule has 1 aliphatic rings. The van der Waals surface area contributed by atoms with Gasteiger partial charge in [-0.3, -0.25) is 4.79 Å². The molecule has 0 bridgehead atoms. The third kappa shape index (κ3) is 4.11. The van der Waals surface area contributed by atoms with E-state index in [0.717, 1.165) is 23.3 Å². The van der Waals surface area contributed by atoms with Crippen LogP contribution in [0.4, 0.5) is 0 Å². The van der Waals surface area contributed by atoms with Crippen molar-refractivity contribution < 1.29 is 14.3 Å². The number of carbonyl (C=O) groups excluding carboxylic acids is 1. The van der Waals surface area contributed by atoms with Crippen LogP contribution in [0.1, 0.15) is 33.9 Å². The van der Waals surface area contributed by atoms with Crippen LogP contribution in [0, 0.1) is 0 Å². The van der Waals surface area contributed by atoms with Crippen molar-refractivity contribution in [2.24, 2.45) is 0 Å². The van der Waals surface area contributed by atoms with Gasteiger partial charge in [-0.2, -0.15) is 0 Å². The largest absolute Gasteiger partial charge is 0.493 e. The Balaban J connectivity index is 1.44. The van der Waals surface area contributed by atoms with Gasteiger partial charge in [0.05, 0.1) is 12.6 Å². The lowest BCUT2D eigenvalue weighted by Gasteiger charge is -2.26. The quantitative estimate of drug-likeness (QED) is 0.729. The molecule has 27 heavy (non-hydrogen) atoms. The molecule has 0 spiro atoms. The Bertz CT molecular complexity index is 924. The second-order valence-corrected chi connectivity index (χ2v) is 6.50. The summed E-state index contributed by atoms with van der Waals surface area (Å²) in [7, 11) is 0. The Morgan fingerprint density at radius 3 is 2.70 bits per heavy atom. The van der Waals surface area contributed by atoms with E-state index in [1.807, 2.05) is 66.7 Å². The van der Waals surface area contributed by atoms with Crippen LogP contribution in [0.5, 0.6) is 11.5 Å². The normalized spacial score (nSPS) is 15.3. The maximum Gasteiger partial charge on any atom is 0.251 e. The topological polar surface area (TPSA) is 47.6 Å². The van der Waals surface area contributed by atoms with Crippen molar-refractivity contribution in [1.82, 2.24) is 5.32 Å². The van der Waals surface area contributed by atoms with Gasteiger partial charge in [0.1, 0.15) is 18.1 Å². The summed E-state index contributed by atoms with van der Waals surface area (Å²) in [6, 6.07) is 25.0. The smallest absolute Gasteiger partial charge is 0.251 e. The number of rotatable bonds is 5. The van der Waals surface area contributed by atoms with Gasteiger partial charge in [-0.15, -0.1) is 0 Å². The van der Waals surface area contributed by atoms with Crippen LogP contribution in [-0.4, -0.2) is 12.5 Å². The minimum absolute atomic E-state index is 0.0451. The van der Waals surface area contributed by atoms with Gasteiger partial charge in [0.25, 0.3) is 5.91 Å². The molecule has 3 aromatic carbocycles. The van der Waals surface area contributed by atoms with Crippen molar-refractivity contribution in [3.8, 4) is 11.5 Å². The fourth-order valence-corrected chi connectivity index (χ4v) is 3.20. The number of ether oxygens (including phenoxy) is 2. The number of hydrogen-bond donors (Lipinski definition) is 1. The first-order valence-corrected chi connectivity index (χ1v) is 9.09. The lowest BCUT2D eigenvalue weighted by atomic mass is 10.00. The van der Waals surface area contributed by atoms with Gasteiger partial charge in [0.2, 0.25) is 0 Å². The fraction of sp³-hybridized carbons (Fsp3) is 0.174. The molecular formula is C23H21NO3. The van der Waals surface area contributed by atoms with Crippen LogP contribution in [0.25, 0.3) is 0 Å². The highest BCUT2D eigenvalue weighted by molar-refractivity contribution is 5.94. The number of fused-ring (bicyclic) bond motifs is 1.